The first-order valence-corrected chi connectivity index (χ1v) is 9.90. The average molecular weight is 421 g/mol. The first-order valence-electron chi connectivity index (χ1n) is 9.90. The molecular formula is C21H38Cl2N2O2. The summed E-state index contributed by atoms with van der Waals surface area (Å²) in [5, 5.41) is 0. The number of rotatable bonds is 10. The minimum absolute atomic E-state index is 0. The summed E-state index contributed by atoms with van der Waals surface area (Å²) in [5.74, 6) is 1.74. The molecule has 1 aromatic carbocycles. The maximum atomic E-state index is 6.58. The van der Waals surface area contributed by atoms with Crippen LogP contribution in [0.2, 0.25) is 0 Å². The summed E-state index contributed by atoms with van der Waals surface area (Å²) in [6.45, 7) is 5.58. The summed E-state index contributed by atoms with van der Waals surface area (Å²) in [7, 11) is 3.44. The monoisotopic (exact) mass is 420 g/mol. The topological polar surface area (TPSA) is 47.7 Å². The zero-order chi connectivity index (χ0) is 18.2. The molecule has 27 heavy (non-hydrogen) atoms. The minimum Gasteiger partial charge on any atom is -0.493 e. The Labute approximate surface area is 178 Å². The minimum atomic E-state index is 0. The Bertz CT molecular complexity index is 543. The molecule has 2 N–H and O–H groups in total. The van der Waals surface area contributed by atoms with Crippen molar-refractivity contribution in [1.29, 1.82) is 0 Å². The van der Waals surface area contributed by atoms with Gasteiger partial charge >= 0.3 is 0 Å². The Balaban J connectivity index is 0.00000338. The summed E-state index contributed by atoms with van der Waals surface area (Å²) in [5.41, 5.74) is 9.28. The van der Waals surface area contributed by atoms with E-state index in [1.54, 1.807) is 14.2 Å². The summed E-state index contributed by atoms with van der Waals surface area (Å²) in [6, 6.07) is 4.77. The number of halogens is 2. The van der Waals surface area contributed by atoms with Crippen LogP contribution in [-0.4, -0.2) is 37.9 Å². The Morgan fingerprint density at radius 2 is 1.85 bits per heavy atom. The normalized spacial score (nSPS) is 16.7. The number of methoxy groups -OCH3 is 2. The van der Waals surface area contributed by atoms with Crippen molar-refractivity contribution in [3.05, 3.63) is 23.3 Å². The molecule has 1 aliphatic carbocycles. The molecule has 0 aromatic heterocycles. The molecule has 0 saturated carbocycles. The van der Waals surface area contributed by atoms with Gasteiger partial charge in [0, 0.05) is 11.6 Å². The highest BCUT2D eigenvalue weighted by Crippen LogP contribution is 2.38. The van der Waals surface area contributed by atoms with Gasteiger partial charge in [0.05, 0.1) is 20.4 Å². The molecule has 6 heteroatoms. The molecule has 0 aliphatic heterocycles. The van der Waals surface area contributed by atoms with Crippen molar-refractivity contribution >= 4 is 24.8 Å². The number of benzene rings is 1. The van der Waals surface area contributed by atoms with Crippen LogP contribution in [0.4, 0.5) is 0 Å². The summed E-state index contributed by atoms with van der Waals surface area (Å²) in [6.07, 6.45) is 9.40. The van der Waals surface area contributed by atoms with E-state index in [0.29, 0.717) is 6.04 Å². The standard InChI is InChI=1S/C21H36N2O2.2ClH/c1-5-7-8-9-20(22)23(14-6-2)17-11-12-18-16(15-17)10-13-19(24-3)21(18)25-4;;/h10,13,17,20H,5-9,11-12,14-15,22H2,1-4H3;2*1H. The van der Waals surface area contributed by atoms with Gasteiger partial charge in [-0.2, -0.15) is 0 Å². The first-order chi connectivity index (χ1) is 12.2. The molecular weight excluding hydrogens is 383 g/mol. The molecule has 0 amide bonds. The largest absolute Gasteiger partial charge is 0.493 e. The quantitative estimate of drug-likeness (QED) is 0.428. The molecule has 1 aliphatic rings. The van der Waals surface area contributed by atoms with E-state index < -0.39 is 0 Å². The number of nitrogens with two attached hydrogens (primary N) is 1. The van der Waals surface area contributed by atoms with E-state index in [1.165, 1.54) is 30.4 Å². The van der Waals surface area contributed by atoms with Crippen molar-refractivity contribution in [2.75, 3.05) is 20.8 Å². The van der Waals surface area contributed by atoms with Gasteiger partial charge in [-0.05, 0) is 50.3 Å². The zero-order valence-corrected chi connectivity index (χ0v) is 19.0. The molecule has 2 atom stereocenters. The van der Waals surface area contributed by atoms with E-state index in [1.807, 2.05) is 6.07 Å². The van der Waals surface area contributed by atoms with Gasteiger partial charge in [0.15, 0.2) is 11.5 Å². The van der Waals surface area contributed by atoms with Gasteiger partial charge < -0.3 is 15.2 Å². The third-order valence-electron chi connectivity index (χ3n) is 5.41. The number of fused-ring (bicyclic) bond motifs is 1. The van der Waals surface area contributed by atoms with Crippen LogP contribution in [-0.2, 0) is 12.8 Å². The van der Waals surface area contributed by atoms with Crippen LogP contribution >= 0.6 is 24.8 Å². The van der Waals surface area contributed by atoms with E-state index >= 15 is 0 Å². The molecule has 0 fully saturated rings. The molecule has 1 aromatic rings. The number of hydrogen-bond donors (Lipinski definition) is 1. The highest BCUT2D eigenvalue weighted by Gasteiger charge is 2.29. The van der Waals surface area contributed by atoms with E-state index in [2.05, 4.69) is 24.8 Å². The van der Waals surface area contributed by atoms with E-state index in [0.717, 1.165) is 50.1 Å². The number of nitrogens with zero attached hydrogens (tertiary/aromatic N) is 1. The lowest BCUT2D eigenvalue weighted by Crippen LogP contribution is -2.50. The summed E-state index contributed by atoms with van der Waals surface area (Å²) < 4.78 is 11.1. The fourth-order valence-corrected chi connectivity index (χ4v) is 4.09. The van der Waals surface area contributed by atoms with Crippen molar-refractivity contribution in [3.8, 4) is 11.5 Å². The lowest BCUT2D eigenvalue weighted by Gasteiger charge is -2.39. The predicted octanol–water partition coefficient (Wildman–Crippen LogP) is 4.98. The van der Waals surface area contributed by atoms with Crippen LogP contribution in [0.25, 0.3) is 0 Å². The lowest BCUT2D eigenvalue weighted by molar-refractivity contribution is 0.115. The van der Waals surface area contributed by atoms with Gasteiger partial charge in [0.1, 0.15) is 0 Å². The fourth-order valence-electron chi connectivity index (χ4n) is 4.09. The van der Waals surface area contributed by atoms with E-state index in [9.17, 15) is 0 Å². The Morgan fingerprint density at radius 3 is 2.44 bits per heavy atom. The highest BCUT2D eigenvalue weighted by atomic mass is 35.5. The highest BCUT2D eigenvalue weighted by molar-refractivity contribution is 5.85. The fraction of sp³-hybridized carbons (Fsp3) is 0.714. The molecule has 0 radical (unpaired) electrons. The predicted molar refractivity (Wildman–Crippen MR) is 119 cm³/mol. The molecule has 0 saturated heterocycles. The summed E-state index contributed by atoms with van der Waals surface area (Å²) in [4.78, 5) is 2.55. The van der Waals surface area contributed by atoms with Crippen LogP contribution < -0.4 is 15.2 Å². The molecule has 2 unspecified atom stereocenters. The number of unbranched alkanes of at least 4 members (excludes halogenated alkanes) is 2. The number of ether oxygens (including phenoxy) is 2. The number of hydrogen-bond acceptors (Lipinski definition) is 4. The Morgan fingerprint density at radius 1 is 1.11 bits per heavy atom. The van der Waals surface area contributed by atoms with Crippen molar-refractivity contribution in [1.82, 2.24) is 4.90 Å². The smallest absolute Gasteiger partial charge is 0.164 e. The Hall–Kier alpha value is -0.680. The second-order valence-corrected chi connectivity index (χ2v) is 7.14. The van der Waals surface area contributed by atoms with Crippen LogP contribution in [0.15, 0.2) is 12.1 Å². The first kappa shape index (κ1) is 26.3. The maximum absolute atomic E-state index is 6.58. The molecule has 0 spiro atoms. The van der Waals surface area contributed by atoms with Crippen molar-refractivity contribution in [2.45, 2.75) is 77.4 Å². The van der Waals surface area contributed by atoms with E-state index in [-0.39, 0.29) is 31.0 Å². The molecule has 158 valence electrons. The molecule has 4 nitrogen and oxygen atoms in total. The SMILES string of the molecule is CCCCCC(N)N(CCC)C1CCc2c(ccc(OC)c2OC)C1.Cl.Cl. The van der Waals surface area contributed by atoms with Gasteiger partial charge in [-0.25, -0.2) is 0 Å². The Kier molecular flexibility index (Phi) is 13.1. The zero-order valence-electron chi connectivity index (χ0n) is 17.3. The maximum Gasteiger partial charge on any atom is 0.164 e. The molecule has 0 bridgehead atoms. The van der Waals surface area contributed by atoms with Crippen molar-refractivity contribution < 1.29 is 9.47 Å². The summed E-state index contributed by atoms with van der Waals surface area (Å²) >= 11 is 0. The van der Waals surface area contributed by atoms with Crippen LogP contribution in [0.1, 0.15) is 63.5 Å². The average Bonchev–Trinajstić information content (AvgIpc) is 2.64. The second kappa shape index (κ2) is 13.5. The van der Waals surface area contributed by atoms with Gasteiger partial charge in [-0.3, -0.25) is 4.90 Å². The van der Waals surface area contributed by atoms with Gasteiger partial charge in [0.25, 0.3) is 0 Å². The van der Waals surface area contributed by atoms with Gasteiger partial charge in [-0.15, -0.1) is 24.8 Å². The lowest BCUT2D eigenvalue weighted by atomic mass is 9.86. The van der Waals surface area contributed by atoms with Crippen LogP contribution in [0.3, 0.4) is 0 Å². The molecule has 2 rings (SSSR count). The van der Waals surface area contributed by atoms with Crippen LogP contribution in [0.5, 0.6) is 11.5 Å². The van der Waals surface area contributed by atoms with Gasteiger partial charge in [0.2, 0.25) is 0 Å². The van der Waals surface area contributed by atoms with Gasteiger partial charge in [-0.1, -0.05) is 39.2 Å². The third kappa shape index (κ3) is 6.70. The second-order valence-electron chi connectivity index (χ2n) is 7.14. The molecule has 0 heterocycles. The van der Waals surface area contributed by atoms with E-state index in [4.69, 9.17) is 15.2 Å². The van der Waals surface area contributed by atoms with Crippen LogP contribution in [0, 0.1) is 0 Å². The van der Waals surface area contributed by atoms with Crippen molar-refractivity contribution in [3.63, 3.8) is 0 Å². The van der Waals surface area contributed by atoms with Crippen molar-refractivity contribution in [2.24, 2.45) is 5.73 Å². The third-order valence-corrected chi connectivity index (χ3v) is 5.41.